The summed E-state index contributed by atoms with van der Waals surface area (Å²) in [5.41, 5.74) is -1.08. The van der Waals surface area contributed by atoms with E-state index in [0.29, 0.717) is 0 Å². The van der Waals surface area contributed by atoms with E-state index in [1.165, 1.54) is 6.92 Å². The molecule has 0 aromatic carbocycles. The normalized spacial score (nSPS) is 25.7. The van der Waals surface area contributed by atoms with Gasteiger partial charge in [0.15, 0.2) is 12.4 Å². The fourth-order valence-electron chi connectivity index (χ4n) is 1.41. The Morgan fingerprint density at radius 3 is 2.39 bits per heavy atom. The number of hydrogen-bond acceptors (Lipinski definition) is 5. The lowest BCUT2D eigenvalue weighted by molar-refractivity contribution is -0.153. The van der Waals surface area contributed by atoms with E-state index in [-0.39, 0.29) is 12.1 Å². The number of esters is 1. The third-order valence-electron chi connectivity index (χ3n) is 2.94. The number of hydrogen-bond donors (Lipinski definition) is 1. The molecule has 5 nitrogen and oxygen atoms in total. The van der Waals surface area contributed by atoms with Gasteiger partial charge in [-0.25, -0.2) is 0 Å². The molecule has 0 bridgehead atoms. The van der Waals surface area contributed by atoms with Crippen LogP contribution in [-0.2, 0) is 14.3 Å². The van der Waals surface area contributed by atoms with Gasteiger partial charge in [-0.1, -0.05) is 0 Å². The lowest BCUT2D eigenvalue weighted by Crippen LogP contribution is -2.29. The maximum atomic E-state index is 11.6. The van der Waals surface area contributed by atoms with Gasteiger partial charge in [0.05, 0.1) is 6.07 Å². The number of halogens is 2. The SMILES string of the molecule is CC(=N)C(C#N)C(=O)COC(=O)[C@@]1(C)CC1(Cl)Cl. The number of nitrogens with zero attached hydrogens (tertiary/aromatic N) is 1. The number of Topliss-reactive ketones (excluding diaryl/α,β-unsaturated/α-hetero) is 1. The molecule has 1 aliphatic carbocycles. The van der Waals surface area contributed by atoms with Gasteiger partial charge in [-0.3, -0.25) is 9.59 Å². The van der Waals surface area contributed by atoms with Crippen molar-refractivity contribution >= 4 is 40.7 Å². The Morgan fingerprint density at radius 2 is 2.06 bits per heavy atom. The third kappa shape index (κ3) is 2.65. The van der Waals surface area contributed by atoms with Crippen molar-refractivity contribution in [2.24, 2.45) is 11.3 Å². The fourth-order valence-corrected chi connectivity index (χ4v) is 2.10. The molecule has 1 aliphatic rings. The van der Waals surface area contributed by atoms with Gasteiger partial charge in [-0.05, 0) is 13.8 Å². The predicted octanol–water partition coefficient (Wildman–Crippen LogP) is 1.86. The van der Waals surface area contributed by atoms with E-state index in [1.54, 1.807) is 13.0 Å². The minimum absolute atomic E-state index is 0.0831. The highest BCUT2D eigenvalue weighted by Crippen LogP contribution is 2.64. The van der Waals surface area contributed by atoms with E-state index in [9.17, 15) is 9.59 Å². The van der Waals surface area contributed by atoms with E-state index < -0.39 is 34.0 Å². The molecule has 1 rings (SSSR count). The molecule has 0 aromatic rings. The van der Waals surface area contributed by atoms with Gasteiger partial charge in [0.25, 0.3) is 0 Å². The first-order chi connectivity index (χ1) is 8.15. The van der Waals surface area contributed by atoms with Crippen LogP contribution in [0.2, 0.25) is 0 Å². The van der Waals surface area contributed by atoms with Gasteiger partial charge in [-0.15, -0.1) is 23.2 Å². The molecule has 1 N–H and O–H groups in total. The molecule has 18 heavy (non-hydrogen) atoms. The van der Waals surface area contributed by atoms with E-state index in [1.807, 2.05) is 0 Å². The molecule has 98 valence electrons. The van der Waals surface area contributed by atoms with Gasteiger partial charge in [-0.2, -0.15) is 5.26 Å². The molecule has 0 radical (unpaired) electrons. The largest absolute Gasteiger partial charge is 0.457 e. The Balaban J connectivity index is 2.53. The Hall–Kier alpha value is -1.12. The van der Waals surface area contributed by atoms with Crippen LogP contribution in [0.3, 0.4) is 0 Å². The molecule has 1 unspecified atom stereocenters. The topological polar surface area (TPSA) is 91.0 Å². The summed E-state index contributed by atoms with van der Waals surface area (Å²) >= 11 is 11.6. The summed E-state index contributed by atoms with van der Waals surface area (Å²) in [6, 6.07) is 1.68. The van der Waals surface area contributed by atoms with Crippen molar-refractivity contribution in [1.29, 1.82) is 10.7 Å². The Morgan fingerprint density at radius 1 is 1.56 bits per heavy atom. The smallest absolute Gasteiger partial charge is 0.315 e. The highest BCUT2D eigenvalue weighted by molar-refractivity contribution is 6.53. The minimum Gasteiger partial charge on any atom is -0.457 e. The number of rotatable bonds is 5. The van der Waals surface area contributed by atoms with Crippen molar-refractivity contribution in [2.45, 2.75) is 24.6 Å². The Bertz CT molecular complexity index is 456. The monoisotopic (exact) mass is 290 g/mol. The molecule has 0 saturated heterocycles. The van der Waals surface area contributed by atoms with Crippen LogP contribution in [-0.4, -0.2) is 28.4 Å². The van der Waals surface area contributed by atoms with E-state index in [4.69, 9.17) is 38.6 Å². The number of nitriles is 1. The van der Waals surface area contributed by atoms with Crippen molar-refractivity contribution < 1.29 is 14.3 Å². The molecular formula is C11H12Cl2N2O3. The van der Waals surface area contributed by atoms with Crippen LogP contribution in [0.4, 0.5) is 0 Å². The quantitative estimate of drug-likeness (QED) is 0.475. The lowest BCUT2D eigenvalue weighted by atomic mass is 10.0. The summed E-state index contributed by atoms with van der Waals surface area (Å²) in [5, 5.41) is 15.9. The molecule has 1 saturated carbocycles. The summed E-state index contributed by atoms with van der Waals surface area (Å²) in [7, 11) is 0. The van der Waals surface area contributed by atoms with E-state index in [0.717, 1.165) is 0 Å². The van der Waals surface area contributed by atoms with Crippen LogP contribution in [0.5, 0.6) is 0 Å². The second kappa shape index (κ2) is 4.87. The van der Waals surface area contributed by atoms with Crippen molar-refractivity contribution in [3.05, 3.63) is 0 Å². The number of alkyl halides is 2. The molecule has 0 spiro atoms. The molecule has 1 fully saturated rings. The number of ether oxygens (including phenoxy) is 1. The van der Waals surface area contributed by atoms with Crippen LogP contribution in [0.25, 0.3) is 0 Å². The van der Waals surface area contributed by atoms with Gasteiger partial charge in [0.1, 0.15) is 15.7 Å². The molecular weight excluding hydrogens is 279 g/mol. The summed E-state index contributed by atoms with van der Waals surface area (Å²) in [5.74, 6) is -2.47. The van der Waals surface area contributed by atoms with Gasteiger partial charge < -0.3 is 10.1 Å². The van der Waals surface area contributed by atoms with Crippen molar-refractivity contribution in [3.8, 4) is 6.07 Å². The lowest BCUT2D eigenvalue weighted by Gasteiger charge is -2.12. The molecule has 0 amide bonds. The molecule has 2 atom stereocenters. The predicted molar refractivity (Wildman–Crippen MR) is 65.6 cm³/mol. The number of carbonyl (C=O) groups is 2. The number of carbonyl (C=O) groups excluding carboxylic acids is 2. The first kappa shape index (κ1) is 14.9. The summed E-state index contributed by atoms with van der Waals surface area (Å²) in [4.78, 5) is 23.2. The zero-order valence-electron chi connectivity index (χ0n) is 9.92. The van der Waals surface area contributed by atoms with Crippen LogP contribution in [0.15, 0.2) is 0 Å². The van der Waals surface area contributed by atoms with Crippen molar-refractivity contribution in [3.63, 3.8) is 0 Å². The average Bonchev–Trinajstić information content (AvgIpc) is 2.76. The molecule has 0 aromatic heterocycles. The maximum absolute atomic E-state index is 11.6. The fraction of sp³-hybridized carbons (Fsp3) is 0.636. The summed E-state index contributed by atoms with van der Waals surface area (Å²) in [6.45, 7) is 2.34. The number of ketones is 1. The van der Waals surface area contributed by atoms with Crippen LogP contribution < -0.4 is 0 Å². The van der Waals surface area contributed by atoms with E-state index in [2.05, 4.69) is 0 Å². The Kier molecular flexibility index (Phi) is 4.04. The van der Waals surface area contributed by atoms with Crippen molar-refractivity contribution in [1.82, 2.24) is 0 Å². The molecule has 0 aliphatic heterocycles. The van der Waals surface area contributed by atoms with Crippen molar-refractivity contribution in [2.75, 3.05) is 6.61 Å². The van der Waals surface area contributed by atoms with Gasteiger partial charge in [0, 0.05) is 12.1 Å². The Labute approximate surface area is 115 Å². The third-order valence-corrected chi connectivity index (χ3v) is 4.04. The average molecular weight is 291 g/mol. The summed E-state index contributed by atoms with van der Waals surface area (Å²) < 4.78 is 3.64. The zero-order chi connectivity index (χ0) is 14.1. The zero-order valence-corrected chi connectivity index (χ0v) is 11.4. The first-order valence-corrected chi connectivity index (χ1v) is 5.94. The maximum Gasteiger partial charge on any atom is 0.315 e. The first-order valence-electron chi connectivity index (χ1n) is 5.18. The van der Waals surface area contributed by atoms with E-state index >= 15 is 0 Å². The number of nitrogens with one attached hydrogen (secondary N) is 1. The van der Waals surface area contributed by atoms with Crippen LogP contribution in [0, 0.1) is 28.1 Å². The van der Waals surface area contributed by atoms with Gasteiger partial charge >= 0.3 is 5.97 Å². The minimum atomic E-state index is -1.18. The van der Waals surface area contributed by atoms with Crippen LogP contribution >= 0.6 is 23.2 Å². The second-order valence-electron chi connectivity index (χ2n) is 4.50. The highest BCUT2D eigenvalue weighted by Gasteiger charge is 2.69. The van der Waals surface area contributed by atoms with Crippen LogP contribution in [0.1, 0.15) is 20.3 Å². The molecule has 7 heteroatoms. The highest BCUT2D eigenvalue weighted by atomic mass is 35.5. The molecule has 0 heterocycles. The van der Waals surface area contributed by atoms with Gasteiger partial charge in [0.2, 0.25) is 0 Å². The standard InChI is InChI=1S/C11H12Cl2N2O3/c1-6(15)7(3-14)8(16)4-18-9(17)10(2)5-11(10,12)13/h7,15H,4-5H2,1-2H3/t7?,10-/m1/s1. The second-order valence-corrected chi connectivity index (χ2v) is 5.98. The summed E-state index contributed by atoms with van der Waals surface area (Å²) in [6.07, 6.45) is 0.265.